The van der Waals surface area contributed by atoms with E-state index in [1.165, 1.54) is 10.4 Å². The molecule has 0 bridgehead atoms. The summed E-state index contributed by atoms with van der Waals surface area (Å²) in [4.78, 5) is 4.44. The van der Waals surface area contributed by atoms with Gasteiger partial charge in [-0.15, -0.1) is 11.3 Å². The minimum absolute atomic E-state index is 0.525. The lowest BCUT2D eigenvalue weighted by atomic mass is 10.2. The van der Waals surface area contributed by atoms with Gasteiger partial charge in [-0.2, -0.15) is 0 Å². The molecule has 3 heteroatoms. The van der Waals surface area contributed by atoms with Gasteiger partial charge in [0.15, 0.2) is 0 Å². The SMILES string of the molecule is CCC(C)Nc1ccc2nc(C)sc2c1. The molecular formula is C12H16N2S. The highest BCUT2D eigenvalue weighted by atomic mass is 32.1. The van der Waals surface area contributed by atoms with Crippen molar-refractivity contribution in [2.45, 2.75) is 33.2 Å². The number of rotatable bonds is 3. The first-order chi connectivity index (χ1) is 7.19. The zero-order valence-corrected chi connectivity index (χ0v) is 10.2. The Bertz CT molecular complexity index is 462. The summed E-state index contributed by atoms with van der Waals surface area (Å²) in [7, 11) is 0. The van der Waals surface area contributed by atoms with Gasteiger partial charge < -0.3 is 5.32 Å². The Balaban J connectivity index is 2.30. The highest BCUT2D eigenvalue weighted by Gasteiger charge is 2.03. The number of aryl methyl sites for hydroxylation is 1. The van der Waals surface area contributed by atoms with Gasteiger partial charge in [0.2, 0.25) is 0 Å². The Morgan fingerprint density at radius 1 is 1.47 bits per heavy atom. The van der Waals surface area contributed by atoms with Crippen LogP contribution in [0.1, 0.15) is 25.3 Å². The standard InChI is InChI=1S/C12H16N2S/c1-4-8(2)13-10-5-6-11-12(7-10)15-9(3)14-11/h5-8,13H,4H2,1-3H3. The van der Waals surface area contributed by atoms with E-state index in [0.29, 0.717) is 6.04 Å². The minimum Gasteiger partial charge on any atom is -0.383 e. The summed E-state index contributed by atoms with van der Waals surface area (Å²) in [6.07, 6.45) is 1.14. The number of hydrogen-bond donors (Lipinski definition) is 1. The van der Waals surface area contributed by atoms with Crippen LogP contribution < -0.4 is 5.32 Å². The predicted octanol–water partition coefficient (Wildman–Crippen LogP) is 3.82. The third-order valence-corrected chi connectivity index (χ3v) is 3.45. The molecule has 0 amide bonds. The monoisotopic (exact) mass is 220 g/mol. The number of anilines is 1. The van der Waals surface area contributed by atoms with E-state index in [1.54, 1.807) is 11.3 Å². The lowest BCUT2D eigenvalue weighted by molar-refractivity contribution is 0.764. The van der Waals surface area contributed by atoms with E-state index < -0.39 is 0 Å². The first-order valence-electron chi connectivity index (χ1n) is 5.32. The van der Waals surface area contributed by atoms with Crippen molar-refractivity contribution in [1.29, 1.82) is 0 Å². The number of thiazole rings is 1. The van der Waals surface area contributed by atoms with Crippen LogP contribution in [-0.4, -0.2) is 11.0 Å². The van der Waals surface area contributed by atoms with Crippen LogP contribution in [0.2, 0.25) is 0 Å². The first-order valence-corrected chi connectivity index (χ1v) is 6.14. The zero-order valence-electron chi connectivity index (χ0n) is 9.37. The molecule has 1 heterocycles. The highest BCUT2D eigenvalue weighted by molar-refractivity contribution is 7.18. The minimum atomic E-state index is 0.525. The largest absolute Gasteiger partial charge is 0.383 e. The molecule has 80 valence electrons. The Morgan fingerprint density at radius 2 is 2.27 bits per heavy atom. The summed E-state index contributed by atoms with van der Waals surface area (Å²) >= 11 is 1.75. The zero-order chi connectivity index (χ0) is 10.8. The van der Waals surface area contributed by atoms with Gasteiger partial charge >= 0.3 is 0 Å². The van der Waals surface area contributed by atoms with E-state index in [4.69, 9.17) is 0 Å². The fourth-order valence-corrected chi connectivity index (χ4v) is 2.38. The van der Waals surface area contributed by atoms with E-state index >= 15 is 0 Å². The fourth-order valence-electron chi connectivity index (χ4n) is 1.52. The molecule has 1 atom stereocenters. The van der Waals surface area contributed by atoms with Gasteiger partial charge in [-0.1, -0.05) is 6.92 Å². The maximum absolute atomic E-state index is 4.44. The molecule has 0 aliphatic heterocycles. The summed E-state index contributed by atoms with van der Waals surface area (Å²) < 4.78 is 1.26. The molecular weight excluding hydrogens is 204 g/mol. The van der Waals surface area contributed by atoms with Gasteiger partial charge in [-0.3, -0.25) is 0 Å². The molecule has 0 saturated carbocycles. The molecule has 0 aliphatic rings. The molecule has 1 aromatic heterocycles. The first kappa shape index (κ1) is 10.4. The molecule has 2 nitrogen and oxygen atoms in total. The molecule has 15 heavy (non-hydrogen) atoms. The van der Waals surface area contributed by atoms with E-state index in [2.05, 4.69) is 42.3 Å². The van der Waals surface area contributed by atoms with Crippen LogP contribution in [0, 0.1) is 6.92 Å². The van der Waals surface area contributed by atoms with Gasteiger partial charge in [0.05, 0.1) is 15.2 Å². The van der Waals surface area contributed by atoms with Crippen molar-refractivity contribution in [3.8, 4) is 0 Å². The topological polar surface area (TPSA) is 24.9 Å². The number of nitrogens with zero attached hydrogens (tertiary/aromatic N) is 1. The molecule has 0 saturated heterocycles. The quantitative estimate of drug-likeness (QED) is 0.850. The Labute approximate surface area is 94.3 Å². The average molecular weight is 220 g/mol. The Morgan fingerprint density at radius 3 is 3.00 bits per heavy atom. The van der Waals surface area contributed by atoms with E-state index in [1.807, 2.05) is 6.92 Å². The second-order valence-corrected chi connectivity index (χ2v) is 5.10. The number of fused-ring (bicyclic) bond motifs is 1. The van der Waals surface area contributed by atoms with Crippen LogP contribution in [0.15, 0.2) is 18.2 Å². The second-order valence-electron chi connectivity index (χ2n) is 3.87. The second kappa shape index (κ2) is 4.19. The highest BCUT2D eigenvalue weighted by Crippen LogP contribution is 2.25. The maximum Gasteiger partial charge on any atom is 0.0907 e. The fraction of sp³-hybridized carbons (Fsp3) is 0.417. The van der Waals surface area contributed by atoms with Gasteiger partial charge in [-0.05, 0) is 38.5 Å². The number of nitrogens with one attached hydrogen (secondary N) is 1. The predicted molar refractivity (Wildman–Crippen MR) is 67.7 cm³/mol. The lowest BCUT2D eigenvalue weighted by Gasteiger charge is -2.12. The van der Waals surface area contributed by atoms with E-state index in [-0.39, 0.29) is 0 Å². The van der Waals surface area contributed by atoms with E-state index in [9.17, 15) is 0 Å². The van der Waals surface area contributed by atoms with Crippen LogP contribution in [-0.2, 0) is 0 Å². The van der Waals surface area contributed by atoms with Crippen LogP contribution in [0.5, 0.6) is 0 Å². The molecule has 2 rings (SSSR count). The van der Waals surface area contributed by atoms with Crippen molar-refractivity contribution < 1.29 is 0 Å². The van der Waals surface area contributed by atoms with Gasteiger partial charge in [0.1, 0.15) is 0 Å². The van der Waals surface area contributed by atoms with Crippen molar-refractivity contribution in [3.05, 3.63) is 23.2 Å². The maximum atomic E-state index is 4.44. The number of hydrogen-bond acceptors (Lipinski definition) is 3. The molecule has 1 N–H and O–H groups in total. The number of aromatic nitrogens is 1. The normalized spacial score (nSPS) is 13.0. The van der Waals surface area contributed by atoms with Crippen molar-refractivity contribution in [1.82, 2.24) is 4.98 Å². The third-order valence-electron chi connectivity index (χ3n) is 2.52. The van der Waals surface area contributed by atoms with Crippen molar-refractivity contribution in [2.24, 2.45) is 0 Å². The van der Waals surface area contributed by atoms with Gasteiger partial charge in [-0.25, -0.2) is 4.98 Å². The van der Waals surface area contributed by atoms with Crippen molar-refractivity contribution in [2.75, 3.05) is 5.32 Å². The molecule has 1 aromatic carbocycles. The van der Waals surface area contributed by atoms with Crippen LogP contribution >= 0.6 is 11.3 Å². The summed E-state index contributed by atoms with van der Waals surface area (Å²) in [6.45, 7) is 6.43. The third kappa shape index (κ3) is 2.29. The molecule has 0 radical (unpaired) electrons. The van der Waals surface area contributed by atoms with Crippen LogP contribution in [0.25, 0.3) is 10.2 Å². The smallest absolute Gasteiger partial charge is 0.0907 e. The van der Waals surface area contributed by atoms with Gasteiger partial charge in [0.25, 0.3) is 0 Å². The molecule has 1 unspecified atom stereocenters. The molecule has 0 spiro atoms. The number of benzene rings is 1. The molecule has 0 fully saturated rings. The van der Waals surface area contributed by atoms with Crippen molar-refractivity contribution >= 4 is 27.2 Å². The summed E-state index contributed by atoms with van der Waals surface area (Å²) in [5.41, 5.74) is 2.30. The average Bonchev–Trinajstić information content (AvgIpc) is 2.57. The lowest BCUT2D eigenvalue weighted by Crippen LogP contribution is -2.12. The Kier molecular flexibility index (Phi) is 2.91. The molecule has 2 aromatic rings. The van der Waals surface area contributed by atoms with Crippen molar-refractivity contribution in [3.63, 3.8) is 0 Å². The van der Waals surface area contributed by atoms with Crippen LogP contribution in [0.4, 0.5) is 5.69 Å². The summed E-state index contributed by atoms with van der Waals surface area (Å²) in [5, 5.41) is 4.60. The Hall–Kier alpha value is -1.09. The summed E-state index contributed by atoms with van der Waals surface area (Å²) in [6, 6.07) is 6.90. The van der Waals surface area contributed by atoms with Gasteiger partial charge in [0, 0.05) is 11.7 Å². The van der Waals surface area contributed by atoms with E-state index in [0.717, 1.165) is 16.9 Å². The summed E-state index contributed by atoms with van der Waals surface area (Å²) in [5.74, 6) is 0. The van der Waals surface area contributed by atoms with Crippen LogP contribution in [0.3, 0.4) is 0 Å². The molecule has 0 aliphatic carbocycles.